The molecule has 15 heavy (non-hydrogen) atoms. The van der Waals surface area contributed by atoms with Gasteiger partial charge in [0.05, 0.1) is 11.4 Å². The molecule has 1 saturated carbocycles. The molecule has 2 heterocycles. The maximum absolute atomic E-state index is 5.77. The fourth-order valence-electron chi connectivity index (χ4n) is 2.05. The third-order valence-corrected chi connectivity index (χ3v) is 4.04. The Balaban J connectivity index is 2.06. The molecule has 0 unspecified atom stereocenters. The summed E-state index contributed by atoms with van der Waals surface area (Å²) < 4.78 is 0. The molecule has 1 aliphatic heterocycles. The van der Waals surface area contributed by atoms with E-state index in [2.05, 4.69) is 4.98 Å². The van der Waals surface area contributed by atoms with Crippen molar-refractivity contribution in [1.29, 1.82) is 0 Å². The van der Waals surface area contributed by atoms with Crippen LogP contribution in [0.15, 0.2) is 0 Å². The van der Waals surface area contributed by atoms with Crippen LogP contribution in [0.3, 0.4) is 0 Å². The summed E-state index contributed by atoms with van der Waals surface area (Å²) in [6.45, 7) is 0.565. The monoisotopic (exact) mass is 221 g/mol. The highest BCUT2D eigenvalue weighted by Crippen LogP contribution is 2.39. The van der Waals surface area contributed by atoms with Crippen LogP contribution in [0.1, 0.15) is 41.5 Å². The summed E-state index contributed by atoms with van der Waals surface area (Å²) in [5.41, 5.74) is 9.45. The molecule has 0 atom stereocenters. The predicted molar refractivity (Wildman–Crippen MR) is 61.8 cm³/mol. The standard InChI is InChI=1S/C11H15N3S/c12-5-9-8-3-4-15-6-10(8)14-11(13-9)7-1-2-7/h7H,1-6,12H2. The summed E-state index contributed by atoms with van der Waals surface area (Å²) in [6, 6.07) is 0. The Labute approximate surface area is 93.9 Å². The Morgan fingerprint density at radius 2 is 2.20 bits per heavy atom. The van der Waals surface area contributed by atoms with Crippen LogP contribution in [0, 0.1) is 0 Å². The highest BCUT2D eigenvalue weighted by atomic mass is 32.2. The van der Waals surface area contributed by atoms with Gasteiger partial charge in [-0.1, -0.05) is 0 Å². The Kier molecular flexibility index (Phi) is 2.41. The van der Waals surface area contributed by atoms with Gasteiger partial charge < -0.3 is 5.73 Å². The zero-order chi connectivity index (χ0) is 10.3. The predicted octanol–water partition coefficient (Wildman–Crippen LogP) is 1.60. The summed E-state index contributed by atoms with van der Waals surface area (Å²) in [5.74, 6) is 3.92. The van der Waals surface area contributed by atoms with E-state index in [1.54, 1.807) is 0 Å². The minimum atomic E-state index is 0.565. The number of hydrogen-bond donors (Lipinski definition) is 1. The largest absolute Gasteiger partial charge is 0.325 e. The molecule has 3 nitrogen and oxygen atoms in total. The highest BCUT2D eigenvalue weighted by molar-refractivity contribution is 7.98. The van der Waals surface area contributed by atoms with E-state index in [1.165, 1.54) is 29.9 Å². The zero-order valence-corrected chi connectivity index (χ0v) is 9.52. The number of rotatable bonds is 2. The molecule has 1 fully saturated rings. The summed E-state index contributed by atoms with van der Waals surface area (Å²) in [6.07, 6.45) is 3.61. The van der Waals surface area contributed by atoms with Crippen molar-refractivity contribution >= 4 is 11.8 Å². The fraction of sp³-hybridized carbons (Fsp3) is 0.636. The third kappa shape index (κ3) is 1.76. The minimum Gasteiger partial charge on any atom is -0.325 e. The maximum Gasteiger partial charge on any atom is 0.132 e. The van der Waals surface area contributed by atoms with E-state index in [0.717, 1.165) is 23.7 Å². The summed E-state index contributed by atoms with van der Waals surface area (Å²) in [7, 11) is 0. The maximum atomic E-state index is 5.77. The molecule has 0 amide bonds. The smallest absolute Gasteiger partial charge is 0.132 e. The van der Waals surface area contributed by atoms with Gasteiger partial charge in [0.2, 0.25) is 0 Å². The minimum absolute atomic E-state index is 0.565. The number of nitrogens with zero attached hydrogens (tertiary/aromatic N) is 2. The molecule has 0 bridgehead atoms. The van der Waals surface area contributed by atoms with Gasteiger partial charge in [-0.2, -0.15) is 11.8 Å². The van der Waals surface area contributed by atoms with Gasteiger partial charge in [0.15, 0.2) is 0 Å². The Bertz CT molecular complexity index is 370. The zero-order valence-electron chi connectivity index (χ0n) is 8.70. The number of aromatic nitrogens is 2. The van der Waals surface area contributed by atoms with Gasteiger partial charge in [0, 0.05) is 18.2 Å². The van der Waals surface area contributed by atoms with Gasteiger partial charge >= 0.3 is 0 Å². The third-order valence-electron chi connectivity index (χ3n) is 3.07. The van der Waals surface area contributed by atoms with Crippen molar-refractivity contribution < 1.29 is 0 Å². The van der Waals surface area contributed by atoms with Crippen LogP contribution in [-0.2, 0) is 18.7 Å². The number of nitrogens with two attached hydrogens (primary N) is 1. The van der Waals surface area contributed by atoms with E-state index < -0.39 is 0 Å². The van der Waals surface area contributed by atoms with Gasteiger partial charge in [0.1, 0.15) is 5.82 Å². The molecule has 0 radical (unpaired) electrons. The first-order valence-electron chi connectivity index (χ1n) is 5.55. The van der Waals surface area contributed by atoms with Crippen LogP contribution in [0.25, 0.3) is 0 Å². The van der Waals surface area contributed by atoms with Crippen molar-refractivity contribution in [1.82, 2.24) is 9.97 Å². The van der Waals surface area contributed by atoms with E-state index in [1.807, 2.05) is 11.8 Å². The van der Waals surface area contributed by atoms with Gasteiger partial charge in [0.25, 0.3) is 0 Å². The van der Waals surface area contributed by atoms with E-state index in [9.17, 15) is 0 Å². The van der Waals surface area contributed by atoms with Crippen molar-refractivity contribution in [2.24, 2.45) is 5.73 Å². The van der Waals surface area contributed by atoms with Crippen LogP contribution in [0.4, 0.5) is 0 Å². The van der Waals surface area contributed by atoms with Crippen LogP contribution >= 0.6 is 11.8 Å². The van der Waals surface area contributed by atoms with Gasteiger partial charge in [-0.15, -0.1) is 0 Å². The second kappa shape index (κ2) is 3.76. The lowest BCUT2D eigenvalue weighted by molar-refractivity contribution is 0.809. The second-order valence-corrected chi connectivity index (χ2v) is 5.34. The summed E-state index contributed by atoms with van der Waals surface area (Å²) in [5, 5.41) is 0. The first-order chi connectivity index (χ1) is 7.38. The molecule has 80 valence electrons. The van der Waals surface area contributed by atoms with Crippen molar-refractivity contribution in [2.75, 3.05) is 5.75 Å². The van der Waals surface area contributed by atoms with Crippen molar-refractivity contribution in [2.45, 2.75) is 37.5 Å². The molecule has 2 N–H and O–H groups in total. The molecule has 1 aromatic heterocycles. The van der Waals surface area contributed by atoms with Gasteiger partial charge in [-0.3, -0.25) is 0 Å². The number of hydrogen-bond acceptors (Lipinski definition) is 4. The molecule has 3 rings (SSSR count). The molecule has 1 aliphatic carbocycles. The molecule has 1 aromatic rings. The lowest BCUT2D eigenvalue weighted by atomic mass is 10.1. The second-order valence-electron chi connectivity index (χ2n) is 4.23. The van der Waals surface area contributed by atoms with Gasteiger partial charge in [-0.25, -0.2) is 9.97 Å². The first kappa shape index (κ1) is 9.60. The average molecular weight is 221 g/mol. The molecule has 0 saturated heterocycles. The van der Waals surface area contributed by atoms with Crippen LogP contribution in [0.5, 0.6) is 0 Å². The normalized spacial score (nSPS) is 20.1. The van der Waals surface area contributed by atoms with Crippen molar-refractivity contribution in [3.05, 3.63) is 22.8 Å². The molecular formula is C11H15N3S. The SMILES string of the molecule is NCc1nc(C2CC2)nc2c1CCSC2. The van der Waals surface area contributed by atoms with Crippen LogP contribution in [-0.4, -0.2) is 15.7 Å². The summed E-state index contributed by atoms with van der Waals surface area (Å²) in [4.78, 5) is 9.32. The Hall–Kier alpha value is -0.610. The molecule has 0 aromatic carbocycles. The van der Waals surface area contributed by atoms with Crippen LogP contribution in [0.2, 0.25) is 0 Å². The highest BCUT2D eigenvalue weighted by Gasteiger charge is 2.28. The molecule has 0 spiro atoms. The van der Waals surface area contributed by atoms with Crippen molar-refractivity contribution in [3.63, 3.8) is 0 Å². The Morgan fingerprint density at radius 1 is 1.33 bits per heavy atom. The lowest BCUT2D eigenvalue weighted by Gasteiger charge is -2.18. The number of thioether (sulfide) groups is 1. The average Bonchev–Trinajstić information content (AvgIpc) is 3.11. The fourth-order valence-corrected chi connectivity index (χ4v) is 2.97. The molecular weight excluding hydrogens is 206 g/mol. The van der Waals surface area contributed by atoms with E-state index in [4.69, 9.17) is 10.7 Å². The lowest BCUT2D eigenvalue weighted by Crippen LogP contribution is -2.15. The molecule has 4 heteroatoms. The van der Waals surface area contributed by atoms with Gasteiger partial charge in [-0.05, 0) is 30.6 Å². The van der Waals surface area contributed by atoms with E-state index in [0.29, 0.717) is 12.5 Å². The topological polar surface area (TPSA) is 51.8 Å². The van der Waals surface area contributed by atoms with E-state index >= 15 is 0 Å². The Morgan fingerprint density at radius 3 is 2.93 bits per heavy atom. The summed E-state index contributed by atoms with van der Waals surface area (Å²) >= 11 is 1.97. The number of fused-ring (bicyclic) bond motifs is 1. The first-order valence-corrected chi connectivity index (χ1v) is 6.70. The molecule has 2 aliphatic rings. The van der Waals surface area contributed by atoms with Crippen LogP contribution < -0.4 is 5.73 Å². The quantitative estimate of drug-likeness (QED) is 0.824. The van der Waals surface area contributed by atoms with Crippen molar-refractivity contribution in [3.8, 4) is 0 Å². The van der Waals surface area contributed by atoms with E-state index in [-0.39, 0.29) is 0 Å².